The van der Waals surface area contributed by atoms with Gasteiger partial charge in [-0.3, -0.25) is 0 Å². The van der Waals surface area contributed by atoms with Crippen LogP contribution in [0.2, 0.25) is 10.0 Å². The average molecular weight is 394 g/mol. The molecule has 3 aromatic rings. The lowest BCUT2D eigenvalue weighted by atomic mass is 10.0. The molecule has 2 heterocycles. The first-order valence-corrected chi connectivity index (χ1v) is 9.07. The Morgan fingerprint density at radius 3 is 2.62 bits per heavy atom. The van der Waals surface area contributed by atoms with E-state index in [2.05, 4.69) is 10.4 Å². The Balaban J connectivity index is 1.93. The van der Waals surface area contributed by atoms with Crippen LogP contribution in [0.4, 0.5) is 14.6 Å². The highest BCUT2D eigenvalue weighted by Crippen LogP contribution is 2.36. The summed E-state index contributed by atoms with van der Waals surface area (Å²) in [7, 11) is 0. The van der Waals surface area contributed by atoms with Gasteiger partial charge in [0.25, 0.3) is 0 Å². The van der Waals surface area contributed by atoms with Crippen LogP contribution >= 0.6 is 23.2 Å². The van der Waals surface area contributed by atoms with Crippen LogP contribution in [0.5, 0.6) is 0 Å². The van der Waals surface area contributed by atoms with Gasteiger partial charge in [-0.1, -0.05) is 29.3 Å². The molecule has 0 bridgehead atoms. The van der Waals surface area contributed by atoms with E-state index in [0.29, 0.717) is 10.0 Å². The molecule has 0 amide bonds. The van der Waals surface area contributed by atoms with Crippen LogP contribution in [0.1, 0.15) is 18.4 Å². The normalized spacial score (nSPS) is 13.8. The fraction of sp³-hybridized carbons (Fsp3) is 0.211. The van der Waals surface area contributed by atoms with E-state index in [1.165, 1.54) is 16.8 Å². The zero-order valence-corrected chi connectivity index (χ0v) is 15.2. The summed E-state index contributed by atoms with van der Waals surface area (Å²) < 4.78 is 29.2. The minimum Gasteiger partial charge on any atom is -0.370 e. The molecule has 134 valence electrons. The molecule has 0 aliphatic carbocycles. The molecule has 1 N–H and O–H groups in total. The van der Waals surface area contributed by atoms with Crippen molar-refractivity contribution in [3.05, 3.63) is 63.6 Å². The van der Waals surface area contributed by atoms with Crippen molar-refractivity contribution in [3.8, 4) is 16.9 Å². The van der Waals surface area contributed by atoms with E-state index in [4.69, 9.17) is 23.2 Å². The summed E-state index contributed by atoms with van der Waals surface area (Å²) in [6.45, 7) is 0.766. The van der Waals surface area contributed by atoms with Crippen molar-refractivity contribution in [2.45, 2.75) is 19.3 Å². The standard InChI is InChI=1S/C19H15Cl2F2N3/c20-14-6-4-11(9-15(14)21)18-13-3-1-2-8-24-19(13)26(25-18)17-7-5-12(22)10-16(17)23/h4-7,9-10,24H,1-3,8H2. The first-order valence-electron chi connectivity index (χ1n) is 8.31. The van der Waals surface area contributed by atoms with Crippen molar-refractivity contribution in [2.24, 2.45) is 0 Å². The molecule has 0 spiro atoms. The van der Waals surface area contributed by atoms with E-state index >= 15 is 0 Å². The molecule has 7 heteroatoms. The second kappa shape index (κ2) is 6.89. The molecule has 1 aliphatic rings. The van der Waals surface area contributed by atoms with Gasteiger partial charge in [0.1, 0.15) is 17.3 Å². The molecular formula is C19H15Cl2F2N3. The minimum absolute atomic E-state index is 0.198. The van der Waals surface area contributed by atoms with Crippen LogP contribution in [0, 0.1) is 11.6 Å². The van der Waals surface area contributed by atoms with Crippen LogP contribution in [-0.2, 0) is 6.42 Å². The van der Waals surface area contributed by atoms with Crippen molar-refractivity contribution >= 4 is 29.0 Å². The molecule has 2 aromatic carbocycles. The van der Waals surface area contributed by atoms with Crippen LogP contribution in [0.15, 0.2) is 36.4 Å². The van der Waals surface area contributed by atoms with E-state index in [9.17, 15) is 8.78 Å². The van der Waals surface area contributed by atoms with Gasteiger partial charge in [-0.25, -0.2) is 13.5 Å². The highest BCUT2D eigenvalue weighted by atomic mass is 35.5. The molecule has 0 unspecified atom stereocenters. The predicted octanol–water partition coefficient (Wildman–Crippen LogP) is 5.87. The summed E-state index contributed by atoms with van der Waals surface area (Å²) in [5.41, 5.74) is 2.71. The van der Waals surface area contributed by atoms with Crippen LogP contribution in [0.3, 0.4) is 0 Å². The maximum absolute atomic E-state index is 14.4. The smallest absolute Gasteiger partial charge is 0.151 e. The second-order valence-electron chi connectivity index (χ2n) is 6.20. The molecule has 1 aliphatic heterocycles. The molecule has 0 radical (unpaired) electrons. The third kappa shape index (κ3) is 3.06. The van der Waals surface area contributed by atoms with E-state index in [0.717, 1.165) is 54.5 Å². The highest BCUT2D eigenvalue weighted by Gasteiger charge is 2.23. The summed E-state index contributed by atoms with van der Waals surface area (Å²) in [4.78, 5) is 0. The third-order valence-corrected chi connectivity index (χ3v) is 5.20. The largest absolute Gasteiger partial charge is 0.370 e. The summed E-state index contributed by atoms with van der Waals surface area (Å²) in [6.07, 6.45) is 2.80. The van der Waals surface area contributed by atoms with Gasteiger partial charge in [0, 0.05) is 23.7 Å². The van der Waals surface area contributed by atoms with E-state index < -0.39 is 11.6 Å². The van der Waals surface area contributed by atoms with Crippen molar-refractivity contribution in [3.63, 3.8) is 0 Å². The lowest BCUT2D eigenvalue weighted by molar-refractivity contribution is 0.574. The van der Waals surface area contributed by atoms with Gasteiger partial charge in [-0.2, -0.15) is 5.10 Å². The summed E-state index contributed by atoms with van der Waals surface area (Å²) in [6, 6.07) is 8.78. The maximum atomic E-state index is 14.4. The predicted molar refractivity (Wildman–Crippen MR) is 100 cm³/mol. The number of fused-ring (bicyclic) bond motifs is 1. The minimum atomic E-state index is -0.665. The molecule has 3 nitrogen and oxygen atoms in total. The van der Waals surface area contributed by atoms with Crippen molar-refractivity contribution < 1.29 is 8.78 Å². The number of rotatable bonds is 2. The second-order valence-corrected chi connectivity index (χ2v) is 7.01. The summed E-state index contributed by atoms with van der Waals surface area (Å²) in [5, 5.41) is 8.85. The zero-order chi connectivity index (χ0) is 18.3. The lowest BCUT2D eigenvalue weighted by Gasteiger charge is -2.10. The van der Waals surface area contributed by atoms with Gasteiger partial charge < -0.3 is 5.32 Å². The maximum Gasteiger partial charge on any atom is 0.151 e. The number of anilines is 1. The first-order chi connectivity index (χ1) is 12.5. The number of hydrogen-bond acceptors (Lipinski definition) is 2. The zero-order valence-electron chi connectivity index (χ0n) is 13.7. The number of benzene rings is 2. The molecule has 0 saturated carbocycles. The SMILES string of the molecule is Fc1ccc(-n2nc(-c3ccc(Cl)c(Cl)c3)c3c2NCCCC3)c(F)c1. The van der Waals surface area contributed by atoms with Gasteiger partial charge in [0.15, 0.2) is 5.82 Å². The summed E-state index contributed by atoms with van der Waals surface area (Å²) in [5.74, 6) is -0.557. The lowest BCUT2D eigenvalue weighted by Crippen LogP contribution is -2.08. The molecular weight excluding hydrogens is 379 g/mol. The Morgan fingerprint density at radius 1 is 1.00 bits per heavy atom. The topological polar surface area (TPSA) is 29.9 Å². The van der Waals surface area contributed by atoms with Gasteiger partial charge in [-0.05, 0) is 43.5 Å². The van der Waals surface area contributed by atoms with Crippen molar-refractivity contribution in [1.29, 1.82) is 0 Å². The van der Waals surface area contributed by atoms with Gasteiger partial charge in [-0.15, -0.1) is 0 Å². The number of hydrogen-bond donors (Lipinski definition) is 1. The highest BCUT2D eigenvalue weighted by molar-refractivity contribution is 6.42. The Bertz CT molecular complexity index is 985. The summed E-state index contributed by atoms with van der Waals surface area (Å²) >= 11 is 12.2. The monoisotopic (exact) mass is 393 g/mol. The quantitative estimate of drug-likeness (QED) is 0.589. The van der Waals surface area contributed by atoms with Crippen LogP contribution < -0.4 is 5.32 Å². The number of nitrogens with zero attached hydrogens (tertiary/aromatic N) is 2. The average Bonchev–Trinajstić information content (AvgIpc) is 2.79. The molecule has 1 aromatic heterocycles. The van der Waals surface area contributed by atoms with Gasteiger partial charge in [0.05, 0.1) is 15.7 Å². The Labute approximate surface area is 159 Å². The Kier molecular flexibility index (Phi) is 4.59. The van der Waals surface area contributed by atoms with E-state index in [1.54, 1.807) is 12.1 Å². The molecule has 26 heavy (non-hydrogen) atoms. The molecule has 4 rings (SSSR count). The van der Waals surface area contributed by atoms with Crippen molar-refractivity contribution in [2.75, 3.05) is 11.9 Å². The molecule has 0 fully saturated rings. The molecule has 0 saturated heterocycles. The number of aromatic nitrogens is 2. The third-order valence-electron chi connectivity index (χ3n) is 4.46. The fourth-order valence-electron chi connectivity index (χ4n) is 3.21. The Morgan fingerprint density at radius 2 is 1.85 bits per heavy atom. The van der Waals surface area contributed by atoms with Gasteiger partial charge >= 0.3 is 0 Å². The number of nitrogens with one attached hydrogen (secondary N) is 1. The first kappa shape index (κ1) is 17.3. The molecule has 0 atom stereocenters. The Hall–Kier alpha value is -2.11. The number of halogens is 4. The van der Waals surface area contributed by atoms with E-state index in [1.807, 2.05) is 6.07 Å². The van der Waals surface area contributed by atoms with Crippen molar-refractivity contribution in [1.82, 2.24) is 9.78 Å². The van der Waals surface area contributed by atoms with Gasteiger partial charge in [0.2, 0.25) is 0 Å². The fourth-order valence-corrected chi connectivity index (χ4v) is 3.50. The van der Waals surface area contributed by atoms with Crippen LogP contribution in [0.25, 0.3) is 16.9 Å². The van der Waals surface area contributed by atoms with E-state index in [-0.39, 0.29) is 5.69 Å². The van der Waals surface area contributed by atoms with Crippen LogP contribution in [-0.4, -0.2) is 16.3 Å².